The van der Waals surface area contributed by atoms with E-state index >= 15 is 0 Å². The van der Waals surface area contributed by atoms with Crippen LogP contribution in [-0.2, 0) is 4.79 Å². The van der Waals surface area contributed by atoms with Crippen molar-refractivity contribution in [3.63, 3.8) is 0 Å². The second kappa shape index (κ2) is 7.87. The summed E-state index contributed by atoms with van der Waals surface area (Å²) in [7, 11) is 1.54. The Balaban J connectivity index is 2.74. The molecule has 0 bridgehead atoms. The quantitative estimate of drug-likeness (QED) is 0.728. The number of halogens is 1. The number of hydrogen-bond donors (Lipinski definition) is 3. The predicted molar refractivity (Wildman–Crippen MR) is 83.7 cm³/mol. The number of carboxylic acids is 1. The lowest BCUT2D eigenvalue weighted by Gasteiger charge is -2.21. The number of hydrogen-bond acceptors (Lipinski definition) is 3. The van der Waals surface area contributed by atoms with Crippen LogP contribution in [0.1, 0.15) is 20.3 Å². The molecule has 116 valence electrons. The van der Waals surface area contributed by atoms with Crippen LogP contribution in [0.4, 0.5) is 10.5 Å². The molecule has 0 aromatic heterocycles. The fourth-order valence-corrected chi connectivity index (χ4v) is 2.04. The summed E-state index contributed by atoms with van der Waals surface area (Å²) in [6.07, 6.45) is -0.121. The van der Waals surface area contributed by atoms with Gasteiger partial charge in [-0.05, 0) is 34.0 Å². The minimum atomic E-state index is -0.948. The van der Waals surface area contributed by atoms with Gasteiger partial charge in [0.05, 0.1) is 19.2 Å². The highest BCUT2D eigenvalue weighted by Gasteiger charge is 2.19. The van der Waals surface area contributed by atoms with Crippen LogP contribution in [0, 0.1) is 5.92 Å². The molecule has 1 atom stereocenters. The van der Waals surface area contributed by atoms with Crippen molar-refractivity contribution in [2.24, 2.45) is 5.92 Å². The number of methoxy groups -OCH3 is 1. The van der Waals surface area contributed by atoms with Crippen molar-refractivity contribution in [3.8, 4) is 5.75 Å². The lowest BCUT2D eigenvalue weighted by atomic mass is 10.0. The van der Waals surface area contributed by atoms with Gasteiger partial charge in [-0.15, -0.1) is 0 Å². The van der Waals surface area contributed by atoms with E-state index in [1.54, 1.807) is 18.2 Å². The first-order valence-electron chi connectivity index (χ1n) is 6.46. The molecule has 7 heteroatoms. The molecule has 6 nitrogen and oxygen atoms in total. The van der Waals surface area contributed by atoms with Crippen LogP contribution >= 0.6 is 15.9 Å². The smallest absolute Gasteiger partial charge is 0.319 e. The van der Waals surface area contributed by atoms with Gasteiger partial charge in [-0.2, -0.15) is 0 Å². The maximum Gasteiger partial charge on any atom is 0.319 e. The van der Waals surface area contributed by atoms with Crippen LogP contribution < -0.4 is 15.4 Å². The highest BCUT2D eigenvalue weighted by molar-refractivity contribution is 9.10. The van der Waals surface area contributed by atoms with E-state index in [4.69, 9.17) is 9.84 Å². The van der Waals surface area contributed by atoms with Gasteiger partial charge in [0.25, 0.3) is 0 Å². The Labute approximate surface area is 132 Å². The summed E-state index contributed by atoms with van der Waals surface area (Å²) in [6, 6.07) is 4.29. The van der Waals surface area contributed by atoms with Crippen molar-refractivity contribution in [2.45, 2.75) is 26.3 Å². The molecule has 0 aliphatic rings. The Morgan fingerprint density at radius 2 is 2.05 bits per heavy atom. The van der Waals surface area contributed by atoms with E-state index in [0.717, 1.165) is 0 Å². The van der Waals surface area contributed by atoms with Gasteiger partial charge >= 0.3 is 12.0 Å². The lowest BCUT2D eigenvalue weighted by molar-refractivity contribution is -0.137. The molecule has 2 amide bonds. The minimum absolute atomic E-state index is 0.0144. The summed E-state index contributed by atoms with van der Waals surface area (Å²) < 4.78 is 5.80. The SMILES string of the molecule is COc1ccc(Br)c(NC(=O)NC(CC(=O)O)C(C)C)c1. The number of benzene rings is 1. The molecule has 0 spiro atoms. The zero-order chi connectivity index (χ0) is 16.0. The molecule has 0 saturated carbocycles. The maximum absolute atomic E-state index is 12.0. The van der Waals surface area contributed by atoms with Gasteiger partial charge in [0.2, 0.25) is 0 Å². The molecule has 1 aromatic rings. The van der Waals surface area contributed by atoms with Gasteiger partial charge in [0.1, 0.15) is 5.75 Å². The third kappa shape index (κ3) is 5.63. The van der Waals surface area contributed by atoms with Crippen LogP contribution in [0.3, 0.4) is 0 Å². The molecule has 1 aromatic carbocycles. The normalized spacial score (nSPS) is 11.9. The molecule has 0 fully saturated rings. The van der Waals surface area contributed by atoms with E-state index < -0.39 is 18.0 Å². The topological polar surface area (TPSA) is 87.7 Å². The Morgan fingerprint density at radius 1 is 1.38 bits per heavy atom. The van der Waals surface area contributed by atoms with Crippen molar-refractivity contribution >= 4 is 33.6 Å². The number of carbonyl (C=O) groups excluding carboxylic acids is 1. The molecular formula is C14H19BrN2O4. The van der Waals surface area contributed by atoms with E-state index in [9.17, 15) is 9.59 Å². The van der Waals surface area contributed by atoms with Crippen LogP contribution in [0.5, 0.6) is 5.75 Å². The number of amides is 2. The third-order valence-electron chi connectivity index (χ3n) is 2.94. The van der Waals surface area contributed by atoms with Gasteiger partial charge < -0.3 is 20.5 Å². The average molecular weight is 359 g/mol. The standard InChI is InChI=1S/C14H19BrN2O4/c1-8(2)11(7-13(18)19)16-14(20)17-12-6-9(21-3)4-5-10(12)15/h4-6,8,11H,7H2,1-3H3,(H,18,19)(H2,16,17,20). The van der Waals surface area contributed by atoms with Gasteiger partial charge in [0.15, 0.2) is 0 Å². The minimum Gasteiger partial charge on any atom is -0.497 e. The molecule has 3 N–H and O–H groups in total. The molecule has 0 aliphatic carbocycles. The number of carbonyl (C=O) groups is 2. The second-order valence-corrected chi connectivity index (χ2v) is 5.75. The van der Waals surface area contributed by atoms with E-state index in [1.165, 1.54) is 7.11 Å². The van der Waals surface area contributed by atoms with Crippen molar-refractivity contribution in [1.29, 1.82) is 0 Å². The summed E-state index contributed by atoms with van der Waals surface area (Å²) in [5.41, 5.74) is 0.546. The summed E-state index contributed by atoms with van der Waals surface area (Å²) >= 11 is 3.33. The number of rotatable bonds is 6. The third-order valence-corrected chi connectivity index (χ3v) is 3.63. The van der Waals surface area contributed by atoms with Crippen LogP contribution in [0.2, 0.25) is 0 Å². The summed E-state index contributed by atoms with van der Waals surface area (Å²) in [5, 5.41) is 14.2. The first-order valence-corrected chi connectivity index (χ1v) is 7.25. The molecule has 21 heavy (non-hydrogen) atoms. The first kappa shape index (κ1) is 17.3. The number of nitrogens with one attached hydrogen (secondary N) is 2. The largest absolute Gasteiger partial charge is 0.497 e. The predicted octanol–water partition coefficient (Wildman–Crippen LogP) is 3.08. The van der Waals surface area contributed by atoms with Crippen LogP contribution in [-0.4, -0.2) is 30.3 Å². The van der Waals surface area contributed by atoms with E-state index in [1.807, 2.05) is 13.8 Å². The number of carboxylic acid groups (broad SMARTS) is 1. The van der Waals surface area contributed by atoms with E-state index in [-0.39, 0.29) is 12.3 Å². The van der Waals surface area contributed by atoms with Crippen LogP contribution in [0.25, 0.3) is 0 Å². The summed E-state index contributed by atoms with van der Waals surface area (Å²) in [4.78, 5) is 22.8. The number of ether oxygens (including phenoxy) is 1. The van der Waals surface area contributed by atoms with Crippen molar-refractivity contribution in [3.05, 3.63) is 22.7 Å². The monoisotopic (exact) mass is 358 g/mol. The Morgan fingerprint density at radius 3 is 2.57 bits per heavy atom. The van der Waals surface area contributed by atoms with Crippen LogP contribution in [0.15, 0.2) is 22.7 Å². The number of urea groups is 1. The Bertz CT molecular complexity index is 520. The lowest BCUT2D eigenvalue weighted by Crippen LogP contribution is -2.42. The van der Waals surface area contributed by atoms with Crippen molar-refractivity contribution in [1.82, 2.24) is 5.32 Å². The molecule has 0 radical (unpaired) electrons. The molecular weight excluding hydrogens is 340 g/mol. The van der Waals surface area contributed by atoms with Gasteiger partial charge in [-0.1, -0.05) is 13.8 Å². The summed E-state index contributed by atoms with van der Waals surface area (Å²) in [6.45, 7) is 3.71. The molecule has 0 heterocycles. The second-order valence-electron chi connectivity index (χ2n) is 4.89. The molecule has 1 rings (SSSR count). The zero-order valence-electron chi connectivity index (χ0n) is 12.1. The number of anilines is 1. The summed E-state index contributed by atoms with van der Waals surface area (Å²) in [5.74, 6) is -0.323. The molecule has 0 saturated heterocycles. The van der Waals surface area contributed by atoms with Crippen molar-refractivity contribution in [2.75, 3.05) is 12.4 Å². The van der Waals surface area contributed by atoms with Crippen molar-refractivity contribution < 1.29 is 19.4 Å². The maximum atomic E-state index is 12.0. The van der Waals surface area contributed by atoms with E-state index in [2.05, 4.69) is 26.6 Å². The van der Waals surface area contributed by atoms with Gasteiger partial charge in [-0.25, -0.2) is 4.79 Å². The average Bonchev–Trinajstić information content (AvgIpc) is 2.39. The number of aliphatic carboxylic acids is 1. The Hall–Kier alpha value is -1.76. The fourth-order valence-electron chi connectivity index (χ4n) is 1.70. The fraction of sp³-hybridized carbons (Fsp3) is 0.429. The highest BCUT2D eigenvalue weighted by atomic mass is 79.9. The molecule has 1 unspecified atom stereocenters. The van der Waals surface area contributed by atoms with Gasteiger partial charge in [-0.3, -0.25) is 4.79 Å². The van der Waals surface area contributed by atoms with E-state index in [0.29, 0.717) is 15.9 Å². The molecule has 0 aliphatic heterocycles. The Kier molecular flexibility index (Phi) is 6.48. The van der Waals surface area contributed by atoms with Gasteiger partial charge in [0, 0.05) is 16.6 Å². The first-order chi connectivity index (χ1) is 9.83. The highest BCUT2D eigenvalue weighted by Crippen LogP contribution is 2.27. The zero-order valence-corrected chi connectivity index (χ0v) is 13.7.